The van der Waals surface area contributed by atoms with Gasteiger partial charge in [0.15, 0.2) is 11.5 Å². The SMILES string of the molecule is OS1(O)CCN(CC#Cc2cn3c(-c4ccc(-c5cnc(C6CC6)[nH]5)cc4)cnc3c(NCCC(F)(F)F)n2)CC1. The first-order chi connectivity index (χ1) is 19.6. The topological polar surface area (TPSA) is 115 Å². The molecule has 1 aromatic carbocycles. The largest absolute Gasteiger partial charge is 0.390 e. The molecule has 0 atom stereocenters. The number of H-pyrrole nitrogens is 1. The lowest BCUT2D eigenvalue weighted by Gasteiger charge is -2.40. The number of aromatic nitrogens is 5. The van der Waals surface area contributed by atoms with E-state index in [2.05, 4.69) is 37.1 Å². The highest BCUT2D eigenvalue weighted by Gasteiger charge is 2.27. The number of anilines is 1. The monoisotopic (exact) mass is 585 g/mol. The Morgan fingerprint density at radius 2 is 1.78 bits per heavy atom. The van der Waals surface area contributed by atoms with Crippen molar-refractivity contribution in [1.82, 2.24) is 29.2 Å². The number of hydrogen-bond donors (Lipinski definition) is 4. The third-order valence-corrected chi connectivity index (χ3v) is 8.91. The molecule has 1 saturated heterocycles. The van der Waals surface area contributed by atoms with Crippen LogP contribution >= 0.6 is 10.6 Å². The Labute approximate surface area is 236 Å². The molecule has 9 nitrogen and oxygen atoms in total. The van der Waals surface area contributed by atoms with Crippen LogP contribution in [0.3, 0.4) is 0 Å². The van der Waals surface area contributed by atoms with Gasteiger partial charge in [0, 0.05) is 37.3 Å². The fraction of sp³-hybridized carbons (Fsp3) is 0.393. The van der Waals surface area contributed by atoms with E-state index in [1.807, 2.05) is 35.4 Å². The average Bonchev–Trinajstić information content (AvgIpc) is 3.50. The predicted molar refractivity (Wildman–Crippen MR) is 153 cm³/mol. The summed E-state index contributed by atoms with van der Waals surface area (Å²) in [7, 11) is -2.49. The van der Waals surface area contributed by atoms with Gasteiger partial charge in [-0.25, -0.2) is 15.0 Å². The first kappa shape index (κ1) is 27.6. The highest BCUT2D eigenvalue weighted by atomic mass is 32.3. The van der Waals surface area contributed by atoms with Gasteiger partial charge in [-0.3, -0.25) is 18.4 Å². The Balaban J connectivity index is 1.26. The van der Waals surface area contributed by atoms with Crippen molar-refractivity contribution in [3.63, 3.8) is 0 Å². The number of nitrogens with zero attached hydrogens (tertiary/aromatic N) is 5. The van der Waals surface area contributed by atoms with Crippen LogP contribution in [-0.4, -0.2) is 82.2 Å². The van der Waals surface area contributed by atoms with E-state index >= 15 is 0 Å². The van der Waals surface area contributed by atoms with Crippen LogP contribution < -0.4 is 5.32 Å². The smallest absolute Gasteiger partial charge is 0.367 e. The van der Waals surface area contributed by atoms with E-state index in [-0.39, 0.29) is 12.4 Å². The standard InChI is InChI=1S/C28H30F3N7O2S/c29-28(30,31)9-10-32-26-27-34-17-24(20-5-3-19(4-6-20)23-16-33-25(36-23)21-7-8-21)38(27)18-22(35-26)2-1-11-37-12-14-41(39,40)15-13-37/h3-6,16-18,21,39-40H,7-15H2,(H,32,35)(H,33,36). The predicted octanol–water partition coefficient (Wildman–Crippen LogP) is 5.45. The van der Waals surface area contributed by atoms with E-state index in [0.717, 1.165) is 28.3 Å². The van der Waals surface area contributed by atoms with Gasteiger partial charge in [0.25, 0.3) is 0 Å². The summed E-state index contributed by atoms with van der Waals surface area (Å²) in [6.07, 6.45) is 2.29. The van der Waals surface area contributed by atoms with E-state index in [9.17, 15) is 22.3 Å². The summed E-state index contributed by atoms with van der Waals surface area (Å²) in [6, 6.07) is 7.94. The van der Waals surface area contributed by atoms with E-state index in [0.29, 0.717) is 48.4 Å². The van der Waals surface area contributed by atoms with Crippen LogP contribution in [0.1, 0.15) is 36.7 Å². The van der Waals surface area contributed by atoms with Crippen molar-refractivity contribution < 1.29 is 22.3 Å². The van der Waals surface area contributed by atoms with Crippen molar-refractivity contribution in [1.29, 1.82) is 0 Å². The molecule has 41 heavy (non-hydrogen) atoms. The number of imidazole rings is 2. The number of nitrogens with one attached hydrogen (secondary N) is 2. The number of aromatic amines is 1. The van der Waals surface area contributed by atoms with Gasteiger partial charge in [0.2, 0.25) is 0 Å². The summed E-state index contributed by atoms with van der Waals surface area (Å²) < 4.78 is 59.9. The third-order valence-electron chi connectivity index (χ3n) is 7.23. The number of halogens is 3. The summed E-state index contributed by atoms with van der Waals surface area (Å²) in [5, 5.41) is 2.79. The third kappa shape index (κ3) is 6.68. The first-order valence-electron chi connectivity index (χ1n) is 13.4. The molecule has 6 rings (SSSR count). The molecule has 1 saturated carbocycles. The Morgan fingerprint density at radius 1 is 1.05 bits per heavy atom. The molecule has 0 amide bonds. The van der Waals surface area contributed by atoms with Gasteiger partial charge < -0.3 is 10.3 Å². The molecule has 1 aliphatic carbocycles. The van der Waals surface area contributed by atoms with Crippen molar-refractivity contribution >= 4 is 22.1 Å². The van der Waals surface area contributed by atoms with E-state index in [1.54, 1.807) is 16.8 Å². The zero-order valence-electron chi connectivity index (χ0n) is 22.2. The van der Waals surface area contributed by atoms with Gasteiger partial charge in [-0.2, -0.15) is 23.8 Å². The van der Waals surface area contributed by atoms with Crippen LogP contribution in [0.2, 0.25) is 0 Å². The quantitative estimate of drug-likeness (QED) is 0.214. The van der Waals surface area contributed by atoms with Crippen molar-refractivity contribution in [2.24, 2.45) is 0 Å². The molecule has 2 aliphatic rings. The van der Waals surface area contributed by atoms with Crippen molar-refractivity contribution in [2.45, 2.75) is 31.4 Å². The maximum absolute atomic E-state index is 12.8. The Bertz CT molecular complexity index is 1590. The molecule has 4 aromatic rings. The maximum Gasteiger partial charge on any atom is 0.390 e. The molecule has 2 fully saturated rings. The minimum atomic E-state index is -4.30. The molecular weight excluding hydrogens is 555 g/mol. The normalized spacial score (nSPS) is 18.2. The van der Waals surface area contributed by atoms with Crippen molar-refractivity contribution in [3.05, 3.63) is 54.4 Å². The zero-order valence-corrected chi connectivity index (χ0v) is 23.0. The number of fused-ring (bicyclic) bond motifs is 1. The summed E-state index contributed by atoms with van der Waals surface area (Å²) >= 11 is 0. The first-order valence-corrected chi connectivity index (χ1v) is 15.3. The lowest BCUT2D eigenvalue weighted by molar-refractivity contribution is -0.131. The lowest BCUT2D eigenvalue weighted by atomic mass is 10.1. The summed E-state index contributed by atoms with van der Waals surface area (Å²) in [4.78, 5) is 18.9. The molecule has 0 unspecified atom stereocenters. The van der Waals surface area contributed by atoms with Gasteiger partial charge in [-0.05, 0) is 24.3 Å². The second kappa shape index (κ2) is 11.0. The Morgan fingerprint density at radius 3 is 2.49 bits per heavy atom. The van der Waals surface area contributed by atoms with Gasteiger partial charge in [-0.15, -0.1) is 0 Å². The molecule has 4 N–H and O–H groups in total. The minimum absolute atomic E-state index is 0.223. The fourth-order valence-corrected chi connectivity index (χ4v) is 6.04. The van der Waals surface area contributed by atoms with Gasteiger partial charge >= 0.3 is 6.18 Å². The average molecular weight is 586 g/mol. The molecule has 1 aliphatic heterocycles. The maximum atomic E-state index is 12.8. The minimum Gasteiger partial charge on any atom is -0.367 e. The molecule has 4 heterocycles. The second-order valence-electron chi connectivity index (χ2n) is 10.4. The fourth-order valence-electron chi connectivity index (χ4n) is 4.74. The van der Waals surface area contributed by atoms with Gasteiger partial charge in [-0.1, -0.05) is 30.2 Å². The summed E-state index contributed by atoms with van der Waals surface area (Å²) in [5.41, 5.74) is 4.37. The van der Waals surface area contributed by atoms with Gasteiger partial charge in [0.05, 0.1) is 48.3 Å². The number of hydrogen-bond acceptors (Lipinski definition) is 7. The van der Waals surface area contributed by atoms with E-state index < -0.39 is 23.2 Å². The van der Waals surface area contributed by atoms with Crippen LogP contribution in [0.4, 0.5) is 19.0 Å². The van der Waals surface area contributed by atoms with Crippen LogP contribution in [0.15, 0.2) is 42.9 Å². The van der Waals surface area contributed by atoms with Gasteiger partial charge in [0.1, 0.15) is 11.5 Å². The number of alkyl halides is 3. The highest BCUT2D eigenvalue weighted by Crippen LogP contribution is 2.40. The van der Waals surface area contributed by atoms with Crippen LogP contribution in [0, 0.1) is 11.8 Å². The molecule has 0 radical (unpaired) electrons. The van der Waals surface area contributed by atoms with Crippen LogP contribution in [-0.2, 0) is 0 Å². The summed E-state index contributed by atoms with van der Waals surface area (Å²) in [6.45, 7) is 1.15. The highest BCUT2D eigenvalue weighted by molar-refractivity contribution is 8.24. The molecule has 216 valence electrons. The molecule has 13 heteroatoms. The van der Waals surface area contributed by atoms with Crippen LogP contribution in [0.25, 0.3) is 28.2 Å². The van der Waals surface area contributed by atoms with Crippen molar-refractivity contribution in [2.75, 3.05) is 43.0 Å². The van der Waals surface area contributed by atoms with Crippen LogP contribution in [0.5, 0.6) is 0 Å². The van der Waals surface area contributed by atoms with E-state index in [4.69, 9.17) is 0 Å². The molecular formula is C28H30F3N7O2S. The zero-order chi connectivity index (χ0) is 28.6. The molecule has 3 aromatic heterocycles. The Hall–Kier alpha value is -3.57. The lowest BCUT2D eigenvalue weighted by Crippen LogP contribution is -2.38. The van der Waals surface area contributed by atoms with Crippen molar-refractivity contribution in [3.8, 4) is 34.4 Å². The number of rotatable bonds is 7. The molecule has 0 spiro atoms. The summed E-state index contributed by atoms with van der Waals surface area (Å²) in [5.74, 6) is 8.52. The Kier molecular flexibility index (Phi) is 7.41. The molecule has 0 bridgehead atoms. The number of benzene rings is 1. The second-order valence-corrected chi connectivity index (χ2v) is 12.8. The van der Waals surface area contributed by atoms with E-state index in [1.165, 1.54) is 12.8 Å².